The molecule has 1 aliphatic carbocycles. The minimum atomic E-state index is -1.06. The predicted octanol–water partition coefficient (Wildman–Crippen LogP) is 6.04. The molecule has 3 aromatic rings. The van der Waals surface area contributed by atoms with Gasteiger partial charge >= 0.3 is 0 Å². The highest BCUT2D eigenvalue weighted by molar-refractivity contribution is 6.30. The van der Waals surface area contributed by atoms with Gasteiger partial charge in [-0.1, -0.05) is 43.7 Å². The van der Waals surface area contributed by atoms with Crippen LogP contribution in [0.1, 0.15) is 58.4 Å². The summed E-state index contributed by atoms with van der Waals surface area (Å²) in [5.74, 6) is -2.89. The Morgan fingerprint density at radius 1 is 1.27 bits per heavy atom. The molecule has 0 aliphatic heterocycles. The van der Waals surface area contributed by atoms with Crippen molar-refractivity contribution < 1.29 is 28.5 Å². The number of carbonyl (C=O) groups is 1. The number of nitrogens with one attached hydrogen (secondary N) is 1. The maximum Gasteiger partial charge on any atom is 0.248 e. The number of hydrogen-bond acceptors (Lipinski definition) is 5. The van der Waals surface area contributed by atoms with Gasteiger partial charge in [0.1, 0.15) is 11.8 Å². The van der Waals surface area contributed by atoms with Crippen molar-refractivity contribution in [3.05, 3.63) is 53.3 Å². The van der Waals surface area contributed by atoms with Crippen LogP contribution in [0.2, 0.25) is 5.02 Å². The molecule has 0 spiro atoms. The first kappa shape index (κ1) is 26.9. The number of aliphatic hydroxyl groups is 1. The summed E-state index contributed by atoms with van der Waals surface area (Å²) in [6, 6.07) is 4.05. The van der Waals surface area contributed by atoms with Gasteiger partial charge in [0.2, 0.25) is 5.91 Å². The zero-order valence-corrected chi connectivity index (χ0v) is 21.5. The summed E-state index contributed by atoms with van der Waals surface area (Å²) >= 11 is 5.75. The van der Waals surface area contributed by atoms with Crippen LogP contribution >= 0.6 is 11.6 Å². The van der Waals surface area contributed by atoms with E-state index < -0.39 is 34.9 Å². The summed E-state index contributed by atoms with van der Waals surface area (Å²) in [5, 5.41) is 27.5. The van der Waals surface area contributed by atoms with E-state index in [4.69, 9.17) is 16.3 Å². The topological polar surface area (TPSA) is 102 Å². The van der Waals surface area contributed by atoms with Crippen molar-refractivity contribution in [3.8, 4) is 17.4 Å². The van der Waals surface area contributed by atoms with Crippen molar-refractivity contribution in [2.45, 2.75) is 70.6 Å². The molecule has 2 heterocycles. The number of hydrogen-bond donors (Lipinski definition) is 3. The Morgan fingerprint density at radius 2 is 2.00 bits per heavy atom. The Kier molecular flexibility index (Phi) is 8.08. The number of amides is 1. The Hall–Kier alpha value is -3.11. The van der Waals surface area contributed by atoms with Crippen LogP contribution in [-0.2, 0) is 11.3 Å². The fourth-order valence-electron chi connectivity index (χ4n) is 4.68. The first-order valence-corrected chi connectivity index (χ1v) is 12.7. The van der Waals surface area contributed by atoms with Gasteiger partial charge in [-0.2, -0.15) is 5.10 Å². The average Bonchev–Trinajstić information content (AvgIpc) is 3.42. The Labute approximate surface area is 218 Å². The molecule has 1 aliphatic rings. The summed E-state index contributed by atoms with van der Waals surface area (Å²) in [5.41, 5.74) is -0.980. The monoisotopic (exact) mass is 536 g/mol. The van der Waals surface area contributed by atoms with E-state index >= 15 is 0 Å². The van der Waals surface area contributed by atoms with Gasteiger partial charge < -0.3 is 24.8 Å². The van der Waals surface area contributed by atoms with Crippen LogP contribution in [0.5, 0.6) is 17.4 Å². The van der Waals surface area contributed by atoms with Crippen molar-refractivity contribution in [2.75, 3.05) is 5.32 Å². The molecule has 1 atom stereocenters. The van der Waals surface area contributed by atoms with Gasteiger partial charge in [0.15, 0.2) is 29.1 Å². The molecule has 11 heteroatoms. The molecule has 37 heavy (non-hydrogen) atoms. The van der Waals surface area contributed by atoms with Gasteiger partial charge in [-0.15, -0.1) is 0 Å². The Balaban J connectivity index is 1.58. The molecule has 200 valence electrons. The van der Waals surface area contributed by atoms with Crippen LogP contribution in [0, 0.1) is 17.6 Å². The lowest BCUT2D eigenvalue weighted by atomic mass is 9.84. The molecule has 3 N–H and O–H groups in total. The smallest absolute Gasteiger partial charge is 0.248 e. The number of aromatic nitrogens is 3. The summed E-state index contributed by atoms with van der Waals surface area (Å²) in [4.78, 5) is 13.4. The predicted molar refractivity (Wildman–Crippen MR) is 135 cm³/mol. The van der Waals surface area contributed by atoms with E-state index in [9.17, 15) is 23.8 Å². The van der Waals surface area contributed by atoms with Crippen LogP contribution in [-0.4, -0.2) is 36.1 Å². The first-order valence-electron chi connectivity index (χ1n) is 12.3. The lowest BCUT2D eigenvalue weighted by molar-refractivity contribution is -0.120. The molecule has 1 aromatic carbocycles. The maximum atomic E-state index is 14.3. The lowest BCUT2D eigenvalue weighted by Crippen LogP contribution is -2.29. The minimum Gasteiger partial charge on any atom is -0.494 e. The lowest BCUT2D eigenvalue weighted by Gasteiger charge is -2.27. The zero-order valence-electron chi connectivity index (χ0n) is 20.8. The molecule has 1 amide bonds. The quantitative estimate of drug-likeness (QED) is 0.290. The standard InChI is InChI=1S/C26H31ClF2N4O4/c1-26(2,36)15-32-11-10-21(31-32)30-25(35)20(12-16-6-4-3-5-7-16)33-14-17(13-22(33)34)37-24-19(28)9-8-18(27)23(24)29/h8-11,13-14,16,20,34,36H,3-7,12,15H2,1-2H3,(H,30,31,35)/t20-/m0/s1. The summed E-state index contributed by atoms with van der Waals surface area (Å²) in [6.07, 6.45) is 8.67. The number of ether oxygens (including phenoxy) is 1. The van der Waals surface area contributed by atoms with Crippen LogP contribution in [0.25, 0.3) is 0 Å². The van der Waals surface area contributed by atoms with Crippen LogP contribution in [0.15, 0.2) is 36.7 Å². The normalized spacial score (nSPS) is 15.5. The second-order valence-electron chi connectivity index (χ2n) is 10.2. The van der Waals surface area contributed by atoms with E-state index in [1.54, 1.807) is 26.1 Å². The molecular formula is C26H31ClF2N4O4. The third-order valence-electron chi connectivity index (χ3n) is 6.38. The number of nitrogens with zero attached hydrogens (tertiary/aromatic N) is 3. The van der Waals surface area contributed by atoms with Gasteiger partial charge in [-0.3, -0.25) is 9.48 Å². The Morgan fingerprint density at radius 3 is 2.70 bits per heavy atom. The second kappa shape index (κ2) is 11.1. The molecule has 2 aromatic heterocycles. The molecule has 8 nitrogen and oxygen atoms in total. The van der Waals surface area contributed by atoms with Crippen LogP contribution in [0.3, 0.4) is 0 Å². The Bertz CT molecular complexity index is 1250. The van der Waals surface area contributed by atoms with E-state index in [1.807, 2.05) is 0 Å². The fourth-order valence-corrected chi connectivity index (χ4v) is 4.82. The van der Waals surface area contributed by atoms with Crippen molar-refractivity contribution in [1.29, 1.82) is 0 Å². The van der Waals surface area contributed by atoms with Gasteiger partial charge in [0.25, 0.3) is 0 Å². The van der Waals surface area contributed by atoms with Crippen molar-refractivity contribution in [3.63, 3.8) is 0 Å². The van der Waals surface area contributed by atoms with Crippen LogP contribution in [0.4, 0.5) is 14.6 Å². The molecule has 0 saturated heterocycles. The SMILES string of the molecule is CC(C)(O)Cn1ccc(NC(=O)[C@H](CC2CCCCC2)n2cc(Oc3c(F)ccc(Cl)c3F)cc2O)n1. The summed E-state index contributed by atoms with van der Waals surface area (Å²) in [6.45, 7) is 3.55. The van der Waals surface area contributed by atoms with Crippen molar-refractivity contribution in [1.82, 2.24) is 14.3 Å². The number of anilines is 1. The van der Waals surface area contributed by atoms with E-state index in [1.165, 1.54) is 21.5 Å². The zero-order chi connectivity index (χ0) is 26.7. The average molecular weight is 537 g/mol. The highest BCUT2D eigenvalue weighted by Gasteiger charge is 2.29. The number of halogens is 3. The molecule has 0 bridgehead atoms. The van der Waals surface area contributed by atoms with E-state index in [-0.39, 0.29) is 29.1 Å². The molecular weight excluding hydrogens is 506 g/mol. The fraction of sp³-hybridized carbons (Fsp3) is 0.462. The minimum absolute atomic E-state index is 0.0477. The number of rotatable bonds is 9. The van der Waals surface area contributed by atoms with E-state index in [0.717, 1.165) is 44.2 Å². The molecule has 0 unspecified atom stereocenters. The third kappa shape index (κ3) is 6.81. The van der Waals surface area contributed by atoms with Gasteiger partial charge in [0, 0.05) is 18.3 Å². The highest BCUT2D eigenvalue weighted by Crippen LogP contribution is 2.38. The second-order valence-corrected chi connectivity index (χ2v) is 10.6. The van der Waals surface area contributed by atoms with E-state index in [0.29, 0.717) is 12.2 Å². The number of aromatic hydroxyl groups is 1. The summed E-state index contributed by atoms with van der Waals surface area (Å²) in [7, 11) is 0. The van der Waals surface area contributed by atoms with Crippen LogP contribution < -0.4 is 10.1 Å². The molecule has 1 saturated carbocycles. The third-order valence-corrected chi connectivity index (χ3v) is 6.68. The van der Waals surface area contributed by atoms with Crippen molar-refractivity contribution in [2.24, 2.45) is 5.92 Å². The molecule has 4 rings (SSSR count). The van der Waals surface area contributed by atoms with Gasteiger partial charge in [-0.25, -0.2) is 8.78 Å². The molecule has 1 fully saturated rings. The first-order chi connectivity index (χ1) is 17.5. The van der Waals surface area contributed by atoms with Gasteiger partial charge in [0.05, 0.1) is 23.4 Å². The van der Waals surface area contributed by atoms with E-state index in [2.05, 4.69) is 10.4 Å². The largest absolute Gasteiger partial charge is 0.494 e. The van der Waals surface area contributed by atoms with Crippen molar-refractivity contribution >= 4 is 23.3 Å². The number of benzene rings is 1. The van der Waals surface area contributed by atoms with Gasteiger partial charge in [-0.05, 0) is 38.3 Å². The molecule has 0 radical (unpaired) electrons. The maximum absolute atomic E-state index is 14.3. The number of carbonyl (C=O) groups excluding carboxylic acids is 1. The summed E-state index contributed by atoms with van der Waals surface area (Å²) < 4.78 is 36.8. The highest BCUT2D eigenvalue weighted by atomic mass is 35.5.